The SMILES string of the molecule is CCC=CC(=O)c1ccccc1OC(=O)[C@H](C)N. The topological polar surface area (TPSA) is 69.4 Å². The van der Waals surface area contributed by atoms with Gasteiger partial charge >= 0.3 is 5.97 Å². The van der Waals surface area contributed by atoms with Crippen molar-refractivity contribution in [1.29, 1.82) is 0 Å². The summed E-state index contributed by atoms with van der Waals surface area (Å²) in [6.45, 7) is 3.47. The molecule has 1 rings (SSSR count). The molecule has 0 fully saturated rings. The van der Waals surface area contributed by atoms with E-state index in [1.807, 2.05) is 6.92 Å². The van der Waals surface area contributed by atoms with Gasteiger partial charge in [0.1, 0.15) is 11.8 Å². The van der Waals surface area contributed by atoms with Crippen molar-refractivity contribution in [3.8, 4) is 5.75 Å². The van der Waals surface area contributed by atoms with Crippen LogP contribution in [0.15, 0.2) is 36.4 Å². The Morgan fingerprint density at radius 1 is 1.39 bits per heavy atom. The summed E-state index contributed by atoms with van der Waals surface area (Å²) >= 11 is 0. The highest BCUT2D eigenvalue weighted by Gasteiger charge is 2.15. The van der Waals surface area contributed by atoms with Gasteiger partial charge in [-0.3, -0.25) is 4.79 Å². The van der Waals surface area contributed by atoms with Crippen molar-refractivity contribution in [2.75, 3.05) is 0 Å². The van der Waals surface area contributed by atoms with Gasteiger partial charge in [0.2, 0.25) is 0 Å². The normalized spacial score (nSPS) is 12.4. The molecule has 18 heavy (non-hydrogen) atoms. The maximum atomic E-state index is 11.9. The van der Waals surface area contributed by atoms with E-state index in [4.69, 9.17) is 10.5 Å². The lowest BCUT2D eigenvalue weighted by Crippen LogP contribution is -2.31. The molecule has 0 bridgehead atoms. The van der Waals surface area contributed by atoms with E-state index in [2.05, 4.69) is 0 Å². The Hall–Kier alpha value is -1.94. The molecule has 0 aliphatic heterocycles. The summed E-state index contributed by atoms with van der Waals surface area (Å²) in [5, 5.41) is 0. The molecule has 4 heteroatoms. The van der Waals surface area contributed by atoms with Crippen molar-refractivity contribution in [3.63, 3.8) is 0 Å². The fourth-order valence-corrected chi connectivity index (χ4v) is 1.28. The first kappa shape index (κ1) is 14.1. The van der Waals surface area contributed by atoms with Gasteiger partial charge in [-0.15, -0.1) is 0 Å². The lowest BCUT2D eigenvalue weighted by Gasteiger charge is -2.09. The monoisotopic (exact) mass is 247 g/mol. The highest BCUT2D eigenvalue weighted by Crippen LogP contribution is 2.19. The average Bonchev–Trinajstić information content (AvgIpc) is 2.36. The summed E-state index contributed by atoms with van der Waals surface area (Å²) in [5.41, 5.74) is 5.77. The Bertz CT molecular complexity index is 464. The summed E-state index contributed by atoms with van der Waals surface area (Å²) in [6, 6.07) is 5.89. The highest BCUT2D eigenvalue weighted by molar-refractivity contribution is 6.06. The van der Waals surface area contributed by atoms with Gasteiger partial charge in [-0.1, -0.05) is 25.1 Å². The fraction of sp³-hybridized carbons (Fsp3) is 0.286. The van der Waals surface area contributed by atoms with Gasteiger partial charge in [-0.25, -0.2) is 4.79 Å². The number of ether oxygens (including phenoxy) is 1. The van der Waals surface area contributed by atoms with E-state index < -0.39 is 12.0 Å². The van der Waals surface area contributed by atoms with Crippen LogP contribution in [0.4, 0.5) is 0 Å². The molecule has 0 saturated carbocycles. The zero-order valence-electron chi connectivity index (χ0n) is 10.6. The Kier molecular flexibility index (Phi) is 5.27. The molecule has 0 amide bonds. The smallest absolute Gasteiger partial charge is 0.328 e. The second-order valence-electron chi connectivity index (χ2n) is 3.88. The van der Waals surface area contributed by atoms with Crippen molar-refractivity contribution in [1.82, 2.24) is 0 Å². The van der Waals surface area contributed by atoms with E-state index in [1.54, 1.807) is 30.3 Å². The molecule has 2 N–H and O–H groups in total. The van der Waals surface area contributed by atoms with Crippen LogP contribution in [0.2, 0.25) is 0 Å². The number of allylic oxidation sites excluding steroid dienone is 2. The minimum Gasteiger partial charge on any atom is -0.425 e. The minimum atomic E-state index is -0.723. The van der Waals surface area contributed by atoms with Crippen LogP contribution >= 0.6 is 0 Å². The Morgan fingerprint density at radius 3 is 2.67 bits per heavy atom. The molecule has 1 aromatic rings. The number of rotatable bonds is 5. The third-order valence-corrected chi connectivity index (χ3v) is 2.24. The Labute approximate surface area is 106 Å². The third kappa shape index (κ3) is 3.82. The summed E-state index contributed by atoms with van der Waals surface area (Å²) in [6.07, 6.45) is 4.00. The molecule has 1 atom stereocenters. The van der Waals surface area contributed by atoms with Gasteiger partial charge in [0.05, 0.1) is 5.56 Å². The quantitative estimate of drug-likeness (QED) is 0.374. The highest BCUT2D eigenvalue weighted by atomic mass is 16.5. The number of hydrogen-bond donors (Lipinski definition) is 1. The van der Waals surface area contributed by atoms with Gasteiger partial charge in [0, 0.05) is 0 Å². The van der Waals surface area contributed by atoms with Crippen molar-refractivity contribution >= 4 is 11.8 Å². The van der Waals surface area contributed by atoms with Crippen molar-refractivity contribution in [3.05, 3.63) is 42.0 Å². The summed E-state index contributed by atoms with van der Waals surface area (Å²) in [4.78, 5) is 23.3. The Morgan fingerprint density at radius 2 is 2.06 bits per heavy atom. The molecule has 0 saturated heterocycles. The average molecular weight is 247 g/mol. The molecule has 1 aromatic carbocycles. The van der Waals surface area contributed by atoms with E-state index in [1.165, 1.54) is 13.0 Å². The van der Waals surface area contributed by atoms with Crippen molar-refractivity contribution in [2.45, 2.75) is 26.3 Å². The molecule has 0 aliphatic carbocycles. The van der Waals surface area contributed by atoms with E-state index in [0.29, 0.717) is 5.56 Å². The zero-order valence-corrected chi connectivity index (χ0v) is 10.6. The first-order valence-electron chi connectivity index (χ1n) is 5.83. The molecule has 96 valence electrons. The van der Waals surface area contributed by atoms with Crippen LogP contribution < -0.4 is 10.5 Å². The van der Waals surface area contributed by atoms with Crippen LogP contribution in [0, 0.1) is 0 Å². The number of benzene rings is 1. The van der Waals surface area contributed by atoms with Gasteiger partial charge < -0.3 is 10.5 Å². The molecule has 0 radical (unpaired) electrons. The van der Waals surface area contributed by atoms with Gasteiger partial charge in [0.25, 0.3) is 0 Å². The molecule has 0 spiro atoms. The summed E-state index contributed by atoms with van der Waals surface area (Å²) < 4.78 is 5.09. The Balaban J connectivity index is 2.96. The fourth-order valence-electron chi connectivity index (χ4n) is 1.28. The lowest BCUT2D eigenvalue weighted by molar-refractivity contribution is -0.135. The van der Waals surface area contributed by atoms with Crippen LogP contribution in [-0.4, -0.2) is 17.8 Å². The third-order valence-electron chi connectivity index (χ3n) is 2.24. The summed E-state index contributed by atoms with van der Waals surface area (Å²) in [7, 11) is 0. The van der Waals surface area contributed by atoms with Crippen LogP contribution in [0.5, 0.6) is 5.75 Å². The molecule has 4 nitrogen and oxygen atoms in total. The maximum absolute atomic E-state index is 11.9. The lowest BCUT2D eigenvalue weighted by atomic mass is 10.1. The number of carbonyl (C=O) groups is 2. The van der Waals surface area contributed by atoms with E-state index in [0.717, 1.165) is 6.42 Å². The molecular formula is C14H17NO3. The second-order valence-corrected chi connectivity index (χ2v) is 3.88. The minimum absolute atomic E-state index is 0.190. The summed E-state index contributed by atoms with van der Waals surface area (Å²) in [5.74, 6) is -0.509. The number of nitrogens with two attached hydrogens (primary N) is 1. The predicted molar refractivity (Wildman–Crippen MR) is 69.5 cm³/mol. The predicted octanol–water partition coefficient (Wildman–Crippen LogP) is 2.09. The van der Waals surface area contributed by atoms with Gasteiger partial charge in [0.15, 0.2) is 5.78 Å². The second kappa shape index (κ2) is 6.71. The molecule has 0 heterocycles. The number of hydrogen-bond acceptors (Lipinski definition) is 4. The van der Waals surface area contributed by atoms with E-state index >= 15 is 0 Å². The standard InChI is InChI=1S/C14H17NO3/c1-3-4-8-12(16)11-7-5-6-9-13(11)18-14(17)10(2)15/h4-10H,3,15H2,1-2H3/t10-/m0/s1. The number of carbonyl (C=O) groups excluding carboxylic acids is 2. The van der Waals surface area contributed by atoms with Crippen LogP contribution in [0.3, 0.4) is 0 Å². The maximum Gasteiger partial charge on any atom is 0.328 e. The van der Waals surface area contributed by atoms with Crippen molar-refractivity contribution in [2.24, 2.45) is 5.73 Å². The first-order valence-corrected chi connectivity index (χ1v) is 5.83. The van der Waals surface area contributed by atoms with Gasteiger partial charge in [-0.05, 0) is 31.6 Å². The molecule has 0 aliphatic rings. The molecular weight excluding hydrogens is 230 g/mol. The first-order chi connectivity index (χ1) is 8.56. The molecule has 0 aromatic heterocycles. The van der Waals surface area contributed by atoms with E-state index in [-0.39, 0.29) is 11.5 Å². The largest absolute Gasteiger partial charge is 0.425 e. The number of ketones is 1. The van der Waals surface area contributed by atoms with E-state index in [9.17, 15) is 9.59 Å². The van der Waals surface area contributed by atoms with Gasteiger partial charge in [-0.2, -0.15) is 0 Å². The van der Waals surface area contributed by atoms with Crippen LogP contribution in [0.1, 0.15) is 30.6 Å². The molecule has 0 unspecified atom stereocenters. The van der Waals surface area contributed by atoms with Crippen LogP contribution in [0.25, 0.3) is 0 Å². The van der Waals surface area contributed by atoms with Crippen LogP contribution in [-0.2, 0) is 4.79 Å². The van der Waals surface area contributed by atoms with Crippen molar-refractivity contribution < 1.29 is 14.3 Å². The zero-order chi connectivity index (χ0) is 13.5. The number of para-hydroxylation sites is 1. The number of esters is 1.